The molecule has 2 N–H and O–H groups in total. The Morgan fingerprint density at radius 3 is 2.72 bits per heavy atom. The molecule has 3 atom stereocenters. The van der Waals surface area contributed by atoms with Gasteiger partial charge in [0.2, 0.25) is 0 Å². The fourth-order valence-corrected chi connectivity index (χ4v) is 2.68. The molecule has 0 amide bonds. The molecule has 1 saturated carbocycles. The van der Waals surface area contributed by atoms with E-state index in [4.69, 9.17) is 4.74 Å². The zero-order valence-corrected chi connectivity index (χ0v) is 12.4. The van der Waals surface area contributed by atoms with Crippen molar-refractivity contribution in [1.82, 2.24) is 5.32 Å². The molecule has 0 aromatic heterocycles. The van der Waals surface area contributed by atoms with Crippen LogP contribution in [-0.2, 0) is 4.74 Å². The summed E-state index contributed by atoms with van der Waals surface area (Å²) in [4.78, 5) is 0. The first-order chi connectivity index (χ1) is 8.59. The van der Waals surface area contributed by atoms with Gasteiger partial charge in [0.15, 0.2) is 0 Å². The van der Waals surface area contributed by atoms with Crippen LogP contribution in [-0.4, -0.2) is 37.0 Å². The number of hydrogen-bond acceptors (Lipinski definition) is 3. The molecule has 1 aliphatic rings. The van der Waals surface area contributed by atoms with Gasteiger partial charge in [-0.1, -0.05) is 19.8 Å². The Morgan fingerprint density at radius 2 is 2.11 bits per heavy atom. The van der Waals surface area contributed by atoms with E-state index >= 15 is 0 Å². The van der Waals surface area contributed by atoms with Crippen LogP contribution in [0.15, 0.2) is 0 Å². The second-order valence-electron chi connectivity index (χ2n) is 6.19. The van der Waals surface area contributed by atoms with E-state index in [9.17, 15) is 5.11 Å². The van der Waals surface area contributed by atoms with E-state index in [1.807, 2.05) is 7.05 Å². The van der Waals surface area contributed by atoms with Crippen molar-refractivity contribution < 1.29 is 9.84 Å². The van der Waals surface area contributed by atoms with E-state index in [1.165, 1.54) is 25.7 Å². The maximum Gasteiger partial charge on any atom is 0.0610 e. The van der Waals surface area contributed by atoms with Crippen molar-refractivity contribution in [2.45, 2.75) is 70.4 Å². The van der Waals surface area contributed by atoms with Crippen LogP contribution in [0, 0.1) is 5.92 Å². The highest BCUT2D eigenvalue weighted by atomic mass is 16.5. The molecule has 1 aliphatic carbocycles. The molecule has 1 fully saturated rings. The van der Waals surface area contributed by atoms with Crippen LogP contribution in [0.3, 0.4) is 0 Å². The van der Waals surface area contributed by atoms with E-state index in [-0.39, 0.29) is 12.1 Å². The summed E-state index contributed by atoms with van der Waals surface area (Å²) in [6.07, 6.45) is 8.90. The lowest BCUT2D eigenvalue weighted by atomic mass is 9.89. The number of ether oxygens (including phenoxy) is 1. The lowest BCUT2D eigenvalue weighted by molar-refractivity contribution is 0.0128. The number of likely N-dealkylation sites (N-methyl/N-ethyl adjacent to an activating group) is 1. The van der Waals surface area contributed by atoms with Crippen molar-refractivity contribution in [2.75, 3.05) is 20.3 Å². The van der Waals surface area contributed by atoms with Gasteiger partial charge in [-0.2, -0.15) is 0 Å². The Morgan fingerprint density at radius 1 is 1.33 bits per heavy atom. The van der Waals surface area contributed by atoms with Crippen molar-refractivity contribution in [2.24, 2.45) is 5.92 Å². The standard InChI is InChI=1S/C15H31NO2/c1-13-7-6-8-14(11-13)18-10-5-4-9-15(2,12-17)16-3/h13-14,16-17H,4-12H2,1-3H3. The monoisotopic (exact) mass is 257 g/mol. The lowest BCUT2D eigenvalue weighted by Crippen LogP contribution is -2.43. The minimum atomic E-state index is -0.126. The summed E-state index contributed by atoms with van der Waals surface area (Å²) < 4.78 is 5.95. The minimum Gasteiger partial charge on any atom is -0.394 e. The topological polar surface area (TPSA) is 41.5 Å². The molecule has 0 aromatic rings. The molecule has 3 heteroatoms. The van der Waals surface area contributed by atoms with Gasteiger partial charge in [-0.05, 0) is 52.0 Å². The van der Waals surface area contributed by atoms with E-state index in [0.29, 0.717) is 6.10 Å². The Bertz CT molecular complexity index is 217. The molecule has 0 aromatic carbocycles. The van der Waals surface area contributed by atoms with Crippen LogP contribution in [0.25, 0.3) is 0 Å². The largest absolute Gasteiger partial charge is 0.394 e. The first-order valence-corrected chi connectivity index (χ1v) is 7.51. The number of aliphatic hydroxyl groups excluding tert-OH is 1. The fourth-order valence-electron chi connectivity index (χ4n) is 2.68. The van der Waals surface area contributed by atoms with Gasteiger partial charge in [-0.25, -0.2) is 0 Å². The SMILES string of the molecule is CNC(C)(CO)CCCCOC1CCCC(C)C1. The normalized spacial score (nSPS) is 28.0. The molecule has 0 bridgehead atoms. The average molecular weight is 257 g/mol. The molecular weight excluding hydrogens is 226 g/mol. The molecule has 0 heterocycles. The van der Waals surface area contributed by atoms with Crippen LogP contribution in [0.1, 0.15) is 58.8 Å². The summed E-state index contributed by atoms with van der Waals surface area (Å²) >= 11 is 0. The fraction of sp³-hybridized carbons (Fsp3) is 1.00. The van der Waals surface area contributed by atoms with Gasteiger partial charge in [0, 0.05) is 12.1 Å². The predicted octanol–water partition coefficient (Wildman–Crippen LogP) is 2.72. The highest BCUT2D eigenvalue weighted by molar-refractivity contribution is 4.80. The second-order valence-corrected chi connectivity index (χ2v) is 6.19. The smallest absolute Gasteiger partial charge is 0.0610 e. The Hall–Kier alpha value is -0.120. The summed E-state index contributed by atoms with van der Waals surface area (Å²) in [6.45, 7) is 5.47. The first-order valence-electron chi connectivity index (χ1n) is 7.51. The summed E-state index contributed by atoms with van der Waals surface area (Å²) in [5, 5.41) is 12.5. The van der Waals surface area contributed by atoms with E-state index in [2.05, 4.69) is 19.2 Å². The van der Waals surface area contributed by atoms with E-state index in [0.717, 1.165) is 31.8 Å². The first kappa shape index (κ1) is 15.9. The van der Waals surface area contributed by atoms with Crippen LogP contribution in [0.5, 0.6) is 0 Å². The van der Waals surface area contributed by atoms with E-state index < -0.39 is 0 Å². The third-order valence-electron chi connectivity index (χ3n) is 4.32. The van der Waals surface area contributed by atoms with Gasteiger partial charge in [0.1, 0.15) is 0 Å². The molecule has 3 unspecified atom stereocenters. The average Bonchev–Trinajstić information content (AvgIpc) is 2.38. The highest BCUT2D eigenvalue weighted by Crippen LogP contribution is 2.25. The number of rotatable bonds is 8. The van der Waals surface area contributed by atoms with Crippen LogP contribution < -0.4 is 5.32 Å². The number of hydrogen-bond donors (Lipinski definition) is 2. The van der Waals surface area contributed by atoms with Crippen LogP contribution in [0.2, 0.25) is 0 Å². The molecule has 0 aliphatic heterocycles. The van der Waals surface area contributed by atoms with Gasteiger partial charge >= 0.3 is 0 Å². The van der Waals surface area contributed by atoms with Gasteiger partial charge < -0.3 is 15.2 Å². The maximum atomic E-state index is 9.28. The molecule has 0 radical (unpaired) electrons. The molecule has 0 spiro atoms. The predicted molar refractivity (Wildman–Crippen MR) is 75.8 cm³/mol. The van der Waals surface area contributed by atoms with Gasteiger partial charge in [-0.15, -0.1) is 0 Å². The molecule has 1 rings (SSSR count). The molecule has 0 saturated heterocycles. The number of unbranched alkanes of at least 4 members (excludes halogenated alkanes) is 1. The van der Waals surface area contributed by atoms with Crippen molar-refractivity contribution in [3.63, 3.8) is 0 Å². The third-order valence-corrected chi connectivity index (χ3v) is 4.32. The minimum absolute atomic E-state index is 0.126. The molecule has 108 valence electrons. The van der Waals surface area contributed by atoms with E-state index in [1.54, 1.807) is 0 Å². The molecular formula is C15H31NO2. The van der Waals surface area contributed by atoms with Gasteiger partial charge in [0.05, 0.1) is 12.7 Å². The Labute approximate surface area is 112 Å². The van der Waals surface area contributed by atoms with Crippen molar-refractivity contribution >= 4 is 0 Å². The zero-order chi connectivity index (χ0) is 13.4. The van der Waals surface area contributed by atoms with Crippen LogP contribution >= 0.6 is 0 Å². The number of aliphatic hydroxyl groups is 1. The second kappa shape index (κ2) is 8.13. The van der Waals surface area contributed by atoms with Gasteiger partial charge in [-0.3, -0.25) is 0 Å². The van der Waals surface area contributed by atoms with Crippen LogP contribution in [0.4, 0.5) is 0 Å². The van der Waals surface area contributed by atoms with Gasteiger partial charge in [0.25, 0.3) is 0 Å². The zero-order valence-electron chi connectivity index (χ0n) is 12.4. The number of nitrogens with one attached hydrogen (secondary N) is 1. The van der Waals surface area contributed by atoms with Crippen molar-refractivity contribution in [1.29, 1.82) is 0 Å². The quantitative estimate of drug-likeness (QED) is 0.657. The summed E-state index contributed by atoms with van der Waals surface area (Å²) in [6, 6.07) is 0. The lowest BCUT2D eigenvalue weighted by Gasteiger charge is -2.28. The third kappa shape index (κ3) is 5.68. The summed E-state index contributed by atoms with van der Waals surface area (Å²) in [5.74, 6) is 0.839. The summed E-state index contributed by atoms with van der Waals surface area (Å²) in [7, 11) is 1.91. The maximum absolute atomic E-state index is 9.28. The molecule has 3 nitrogen and oxygen atoms in total. The highest BCUT2D eigenvalue weighted by Gasteiger charge is 2.21. The Balaban J connectivity index is 2.04. The summed E-state index contributed by atoms with van der Waals surface area (Å²) in [5.41, 5.74) is -0.126. The van der Waals surface area contributed by atoms with Crippen molar-refractivity contribution in [3.05, 3.63) is 0 Å². The molecule has 18 heavy (non-hydrogen) atoms. The van der Waals surface area contributed by atoms with Crippen molar-refractivity contribution in [3.8, 4) is 0 Å². The Kier molecular flexibility index (Phi) is 7.20.